The zero-order valence-electron chi connectivity index (χ0n) is 19.6. The summed E-state index contributed by atoms with van der Waals surface area (Å²) in [7, 11) is 0. The second-order valence-corrected chi connectivity index (χ2v) is 8.08. The predicted octanol–water partition coefficient (Wildman–Crippen LogP) is -0.00740. The fourth-order valence-electron chi connectivity index (χ4n) is 3.68. The number of hydrogen-bond donors (Lipinski definition) is 3. The van der Waals surface area contributed by atoms with Gasteiger partial charge in [0.1, 0.15) is 12.1 Å². The smallest absolute Gasteiger partial charge is 0.245 e. The Morgan fingerprint density at radius 1 is 0.818 bits per heavy atom. The Morgan fingerprint density at radius 2 is 1.24 bits per heavy atom. The largest absolute Gasteiger partial charge is 0.343 e. The first-order chi connectivity index (χ1) is 15.9. The molecule has 0 aromatic carbocycles. The van der Waals surface area contributed by atoms with E-state index in [0.717, 1.165) is 19.3 Å². The van der Waals surface area contributed by atoms with Gasteiger partial charge in [-0.3, -0.25) is 19.2 Å². The minimum absolute atomic E-state index is 0.0743. The first kappa shape index (κ1) is 28.0. The van der Waals surface area contributed by atoms with Gasteiger partial charge >= 0.3 is 0 Å². The van der Waals surface area contributed by atoms with Gasteiger partial charge in [0.25, 0.3) is 0 Å². The van der Waals surface area contributed by atoms with Crippen LogP contribution in [-0.4, -0.2) is 78.2 Å². The lowest BCUT2D eigenvalue weighted by Gasteiger charge is -2.38. The highest BCUT2D eigenvalue weighted by Gasteiger charge is 2.32. The van der Waals surface area contributed by atoms with E-state index < -0.39 is 12.1 Å². The molecule has 9 nitrogen and oxygen atoms in total. The second kappa shape index (κ2) is 15.7. The molecule has 1 fully saturated rings. The Bertz CT molecular complexity index is 747. The van der Waals surface area contributed by atoms with E-state index in [1.165, 1.54) is 0 Å². The molecule has 4 amide bonds. The lowest BCUT2D eigenvalue weighted by molar-refractivity contribution is -0.143. The molecule has 33 heavy (non-hydrogen) atoms. The van der Waals surface area contributed by atoms with E-state index in [4.69, 9.17) is 18.6 Å². The Morgan fingerprint density at radius 3 is 1.61 bits per heavy atom. The highest BCUT2D eigenvalue weighted by atomic mass is 16.2. The second-order valence-electron chi connectivity index (χ2n) is 8.08. The molecule has 0 spiro atoms. The van der Waals surface area contributed by atoms with Gasteiger partial charge in [-0.05, 0) is 32.2 Å². The highest BCUT2D eigenvalue weighted by molar-refractivity contribution is 5.90. The number of carbonyl (C=O) groups is 4. The van der Waals surface area contributed by atoms with Crippen molar-refractivity contribution in [1.29, 1.82) is 0 Å². The van der Waals surface area contributed by atoms with Crippen LogP contribution in [0.1, 0.15) is 58.3 Å². The quantitative estimate of drug-likeness (QED) is 0.264. The normalized spacial score (nSPS) is 15.0. The van der Waals surface area contributed by atoms with Crippen LogP contribution < -0.4 is 16.4 Å². The molecule has 0 aromatic heterocycles. The highest BCUT2D eigenvalue weighted by Crippen LogP contribution is 2.12. The number of piperazine rings is 1. The number of rotatable bonds is 13. The van der Waals surface area contributed by atoms with Gasteiger partial charge in [-0.1, -0.05) is 31.6 Å². The third kappa shape index (κ3) is 9.97. The molecule has 1 aliphatic heterocycles. The van der Waals surface area contributed by atoms with Crippen LogP contribution in [0.3, 0.4) is 0 Å². The summed E-state index contributed by atoms with van der Waals surface area (Å²) in [6, 6.07) is -1.29. The molecule has 1 heterocycles. The minimum atomic E-state index is -0.667. The fraction of sp³-hybridized carbons (Fsp3) is 0.667. The summed E-state index contributed by atoms with van der Waals surface area (Å²) in [4.78, 5) is 53.3. The van der Waals surface area contributed by atoms with Gasteiger partial charge in [-0.15, -0.1) is 12.8 Å². The first-order valence-corrected chi connectivity index (χ1v) is 11.6. The number of hydrogen-bond acceptors (Lipinski definition) is 5. The minimum Gasteiger partial charge on any atom is -0.343 e. The van der Waals surface area contributed by atoms with Gasteiger partial charge in [-0.2, -0.15) is 0 Å². The Balaban J connectivity index is 2.73. The van der Waals surface area contributed by atoms with Crippen LogP contribution in [0.4, 0.5) is 0 Å². The molecule has 0 saturated carbocycles. The van der Waals surface area contributed by atoms with E-state index in [1.54, 1.807) is 9.80 Å². The Kier molecular flexibility index (Phi) is 13.3. The SMILES string of the molecule is C#CCC(=O)NC(CCCC)C(=O)N1CCN(C(=O)C(CCCCN)NC(=O)CC#C)CC1. The van der Waals surface area contributed by atoms with Gasteiger partial charge < -0.3 is 26.2 Å². The lowest BCUT2D eigenvalue weighted by Crippen LogP contribution is -2.58. The van der Waals surface area contributed by atoms with E-state index in [0.29, 0.717) is 52.0 Å². The molecule has 4 N–H and O–H groups in total. The van der Waals surface area contributed by atoms with Crippen molar-refractivity contribution in [3.8, 4) is 24.7 Å². The monoisotopic (exact) mass is 459 g/mol. The van der Waals surface area contributed by atoms with E-state index >= 15 is 0 Å². The zero-order valence-corrected chi connectivity index (χ0v) is 19.6. The number of nitrogens with zero attached hydrogens (tertiary/aromatic N) is 2. The van der Waals surface area contributed by atoms with Crippen LogP contribution in [0, 0.1) is 24.7 Å². The maximum atomic E-state index is 13.1. The molecule has 0 aromatic rings. The molecule has 2 unspecified atom stereocenters. The third-order valence-corrected chi connectivity index (χ3v) is 5.49. The summed E-state index contributed by atoms with van der Waals surface area (Å²) in [5.74, 6) is 3.51. The number of terminal acetylenes is 2. The number of nitrogens with two attached hydrogens (primary N) is 1. The summed E-state index contributed by atoms with van der Waals surface area (Å²) < 4.78 is 0. The Labute approximate surface area is 197 Å². The molecule has 1 rings (SSSR count). The average molecular weight is 460 g/mol. The number of carbonyl (C=O) groups excluding carboxylic acids is 4. The van der Waals surface area contributed by atoms with Crippen molar-refractivity contribution in [1.82, 2.24) is 20.4 Å². The van der Waals surface area contributed by atoms with Crippen molar-refractivity contribution in [3.63, 3.8) is 0 Å². The maximum Gasteiger partial charge on any atom is 0.245 e. The molecular weight excluding hydrogens is 422 g/mol. The lowest BCUT2D eigenvalue weighted by atomic mass is 10.1. The molecule has 0 radical (unpaired) electrons. The van der Waals surface area contributed by atoms with E-state index in [-0.39, 0.29) is 36.5 Å². The number of nitrogens with one attached hydrogen (secondary N) is 2. The van der Waals surface area contributed by atoms with Crippen LogP contribution in [0.25, 0.3) is 0 Å². The molecule has 182 valence electrons. The number of amides is 4. The molecular formula is C24H37N5O4. The van der Waals surface area contributed by atoms with E-state index in [9.17, 15) is 19.2 Å². The van der Waals surface area contributed by atoms with Gasteiger partial charge in [-0.25, -0.2) is 0 Å². The summed E-state index contributed by atoms with van der Waals surface area (Å²) >= 11 is 0. The molecule has 0 aliphatic carbocycles. The summed E-state index contributed by atoms with van der Waals surface area (Å²) in [6.45, 7) is 3.93. The Hall–Kier alpha value is -3.04. The standard InChI is InChI=1S/C24H37N5O4/c1-4-7-12-19(26-21(30)10-5-2)23(32)28-15-17-29(18-16-28)24(33)20(13-8-9-14-25)27-22(31)11-6-3/h2-3,19-20H,4,7-18,25H2,1H3,(H,26,30)(H,27,31). The van der Waals surface area contributed by atoms with E-state index in [2.05, 4.69) is 22.5 Å². The maximum absolute atomic E-state index is 13.1. The van der Waals surface area contributed by atoms with Gasteiger partial charge in [0.15, 0.2) is 0 Å². The van der Waals surface area contributed by atoms with Crippen molar-refractivity contribution >= 4 is 23.6 Å². The van der Waals surface area contributed by atoms with Crippen LogP contribution in [0.15, 0.2) is 0 Å². The molecule has 1 aliphatic rings. The van der Waals surface area contributed by atoms with Gasteiger partial charge in [0, 0.05) is 26.2 Å². The third-order valence-electron chi connectivity index (χ3n) is 5.49. The van der Waals surface area contributed by atoms with Gasteiger partial charge in [0.05, 0.1) is 12.8 Å². The van der Waals surface area contributed by atoms with Gasteiger partial charge in [0.2, 0.25) is 23.6 Å². The van der Waals surface area contributed by atoms with Crippen molar-refractivity contribution in [2.24, 2.45) is 5.73 Å². The van der Waals surface area contributed by atoms with Crippen molar-refractivity contribution in [3.05, 3.63) is 0 Å². The molecule has 9 heteroatoms. The zero-order chi connectivity index (χ0) is 24.6. The topological polar surface area (TPSA) is 125 Å². The fourth-order valence-corrected chi connectivity index (χ4v) is 3.68. The van der Waals surface area contributed by atoms with Crippen LogP contribution >= 0.6 is 0 Å². The van der Waals surface area contributed by atoms with Crippen LogP contribution in [-0.2, 0) is 19.2 Å². The molecule has 1 saturated heterocycles. The average Bonchev–Trinajstić information content (AvgIpc) is 2.80. The van der Waals surface area contributed by atoms with Crippen LogP contribution in [0.2, 0.25) is 0 Å². The van der Waals surface area contributed by atoms with Crippen molar-refractivity contribution in [2.75, 3.05) is 32.7 Å². The van der Waals surface area contributed by atoms with Crippen molar-refractivity contribution < 1.29 is 19.2 Å². The first-order valence-electron chi connectivity index (χ1n) is 11.6. The molecule has 0 bridgehead atoms. The van der Waals surface area contributed by atoms with Crippen LogP contribution in [0.5, 0.6) is 0 Å². The van der Waals surface area contributed by atoms with Crippen molar-refractivity contribution in [2.45, 2.75) is 70.4 Å². The predicted molar refractivity (Wildman–Crippen MR) is 126 cm³/mol. The summed E-state index contributed by atoms with van der Waals surface area (Å²) in [5.41, 5.74) is 5.55. The summed E-state index contributed by atoms with van der Waals surface area (Å²) in [5, 5.41) is 5.46. The number of unbranched alkanes of at least 4 members (excludes halogenated alkanes) is 2. The van der Waals surface area contributed by atoms with E-state index in [1.807, 2.05) is 6.92 Å². The summed E-state index contributed by atoms with van der Waals surface area (Å²) in [6.07, 6.45) is 14.4. The molecule has 2 atom stereocenters.